The average Bonchev–Trinajstić information content (AvgIpc) is 3.09. The van der Waals surface area contributed by atoms with Gasteiger partial charge < -0.3 is 5.11 Å². The summed E-state index contributed by atoms with van der Waals surface area (Å²) >= 11 is 0. The highest BCUT2D eigenvalue weighted by Gasteiger charge is 2.27. The van der Waals surface area contributed by atoms with Crippen LogP contribution in [-0.4, -0.2) is 57.0 Å². The van der Waals surface area contributed by atoms with E-state index in [0.717, 1.165) is 31.7 Å². The van der Waals surface area contributed by atoms with Gasteiger partial charge in [-0.25, -0.2) is 8.78 Å². The molecule has 1 aromatic carbocycles. The van der Waals surface area contributed by atoms with Gasteiger partial charge in [-0.05, 0) is 38.0 Å². The molecule has 0 aliphatic carbocycles. The largest absolute Gasteiger partial charge is 0.396 e. The summed E-state index contributed by atoms with van der Waals surface area (Å²) < 4.78 is 28.6. The lowest BCUT2D eigenvalue weighted by Crippen LogP contribution is -2.52. The van der Waals surface area contributed by atoms with Gasteiger partial charge in [0.1, 0.15) is 0 Å². The van der Waals surface area contributed by atoms with E-state index < -0.39 is 11.6 Å². The highest BCUT2D eigenvalue weighted by Crippen LogP contribution is 2.19. The third-order valence-corrected chi connectivity index (χ3v) is 5.11. The predicted octanol–water partition coefficient (Wildman–Crippen LogP) is 2.81. The minimum absolute atomic E-state index is 0.109. The second-order valence-corrected chi connectivity index (χ2v) is 7.54. The van der Waals surface area contributed by atoms with Crippen LogP contribution in [0.2, 0.25) is 0 Å². The fourth-order valence-corrected chi connectivity index (χ4v) is 3.60. The quantitative estimate of drug-likeness (QED) is 0.805. The maximum absolute atomic E-state index is 13.5. The summed E-state index contributed by atoms with van der Waals surface area (Å²) in [4.78, 5) is 4.61. The molecule has 148 valence electrons. The van der Waals surface area contributed by atoms with E-state index in [1.807, 2.05) is 10.9 Å². The number of halogens is 2. The summed E-state index contributed by atoms with van der Waals surface area (Å²) in [6.07, 6.45) is 4.65. The van der Waals surface area contributed by atoms with Crippen LogP contribution in [0.5, 0.6) is 0 Å². The van der Waals surface area contributed by atoms with E-state index in [1.165, 1.54) is 17.7 Å². The van der Waals surface area contributed by atoms with Crippen LogP contribution in [0, 0.1) is 11.6 Å². The molecule has 3 rings (SSSR count). The van der Waals surface area contributed by atoms with Crippen molar-refractivity contribution >= 4 is 0 Å². The normalized spacial score (nSPS) is 19.1. The first-order valence-corrected chi connectivity index (χ1v) is 9.50. The first-order valence-electron chi connectivity index (χ1n) is 9.50. The number of rotatable bonds is 7. The van der Waals surface area contributed by atoms with Crippen molar-refractivity contribution in [2.75, 3.05) is 26.2 Å². The molecule has 0 amide bonds. The average molecular weight is 378 g/mol. The van der Waals surface area contributed by atoms with Gasteiger partial charge in [0.2, 0.25) is 0 Å². The van der Waals surface area contributed by atoms with Crippen LogP contribution in [-0.2, 0) is 13.1 Å². The third-order valence-electron chi connectivity index (χ3n) is 5.11. The highest BCUT2D eigenvalue weighted by atomic mass is 19.2. The molecular weight excluding hydrogens is 350 g/mol. The summed E-state index contributed by atoms with van der Waals surface area (Å²) in [6, 6.07) is 4.58. The van der Waals surface area contributed by atoms with Crippen LogP contribution in [0.3, 0.4) is 0 Å². The van der Waals surface area contributed by atoms with Gasteiger partial charge in [0.25, 0.3) is 0 Å². The Labute approximate surface area is 159 Å². The number of piperazine rings is 1. The van der Waals surface area contributed by atoms with E-state index in [0.29, 0.717) is 19.0 Å². The Morgan fingerprint density at radius 2 is 1.96 bits per heavy atom. The van der Waals surface area contributed by atoms with Gasteiger partial charge >= 0.3 is 0 Å². The van der Waals surface area contributed by atoms with Crippen LogP contribution in [0.1, 0.15) is 37.4 Å². The second-order valence-electron chi connectivity index (χ2n) is 7.54. The number of nitrogens with zero attached hydrogens (tertiary/aromatic N) is 4. The summed E-state index contributed by atoms with van der Waals surface area (Å²) in [5.74, 6) is -1.63. The lowest BCUT2D eigenvalue weighted by molar-refractivity contribution is 0.0499. The van der Waals surface area contributed by atoms with Crippen molar-refractivity contribution < 1.29 is 13.9 Å². The van der Waals surface area contributed by atoms with Crippen molar-refractivity contribution in [1.29, 1.82) is 0 Å². The minimum atomic E-state index is -0.822. The molecule has 1 saturated heterocycles. The Balaban J connectivity index is 1.62. The molecule has 1 atom stereocenters. The Morgan fingerprint density at radius 1 is 1.15 bits per heavy atom. The minimum Gasteiger partial charge on any atom is -0.396 e. The molecule has 1 aromatic heterocycles. The van der Waals surface area contributed by atoms with Crippen LogP contribution in [0.15, 0.2) is 30.6 Å². The maximum Gasteiger partial charge on any atom is 0.159 e. The van der Waals surface area contributed by atoms with Crippen molar-refractivity contribution in [1.82, 2.24) is 19.6 Å². The molecule has 1 fully saturated rings. The summed E-state index contributed by atoms with van der Waals surface area (Å²) in [7, 11) is 0. The molecule has 1 unspecified atom stereocenters. The maximum atomic E-state index is 13.5. The van der Waals surface area contributed by atoms with Gasteiger partial charge in [-0.15, -0.1) is 0 Å². The molecule has 0 bridgehead atoms. The molecular formula is C20H28F2N4O. The molecule has 2 aromatic rings. The Hall–Kier alpha value is -1.83. The zero-order chi connectivity index (χ0) is 19.4. The smallest absolute Gasteiger partial charge is 0.159 e. The topological polar surface area (TPSA) is 44.5 Å². The molecule has 5 nitrogen and oxygen atoms in total. The SMILES string of the molecule is CC(C)n1cc(CN2CCN(Cc3ccc(F)c(F)c3)C(CCO)C2)cn1. The highest BCUT2D eigenvalue weighted by molar-refractivity contribution is 5.18. The van der Waals surface area contributed by atoms with Gasteiger partial charge in [0, 0.05) is 63.2 Å². The number of aliphatic hydroxyl groups excluding tert-OH is 1. The lowest BCUT2D eigenvalue weighted by atomic mass is 10.1. The predicted molar refractivity (Wildman–Crippen MR) is 100 cm³/mol. The fourth-order valence-electron chi connectivity index (χ4n) is 3.60. The van der Waals surface area contributed by atoms with Gasteiger partial charge in [-0.3, -0.25) is 14.5 Å². The van der Waals surface area contributed by atoms with Crippen LogP contribution < -0.4 is 0 Å². The molecule has 7 heteroatoms. The first-order chi connectivity index (χ1) is 13.0. The standard InChI is InChI=1S/C20H28F2N4O/c1-15(2)26-13-17(10-23-26)11-24-6-7-25(18(14-24)5-8-27)12-16-3-4-19(21)20(22)9-16/h3-4,9-10,13,15,18,27H,5-8,11-12,14H2,1-2H3. The zero-order valence-electron chi connectivity index (χ0n) is 16.0. The monoisotopic (exact) mass is 378 g/mol. The van der Waals surface area contributed by atoms with Gasteiger partial charge in [-0.1, -0.05) is 6.07 Å². The molecule has 1 aliphatic rings. The third kappa shape index (κ3) is 5.12. The molecule has 1 N–H and O–H groups in total. The van der Waals surface area contributed by atoms with E-state index in [9.17, 15) is 13.9 Å². The molecule has 0 radical (unpaired) electrons. The molecule has 27 heavy (non-hydrogen) atoms. The Kier molecular flexibility index (Phi) is 6.57. The van der Waals surface area contributed by atoms with Gasteiger partial charge in [-0.2, -0.15) is 5.10 Å². The molecule has 0 saturated carbocycles. The van der Waals surface area contributed by atoms with E-state index in [4.69, 9.17) is 0 Å². The number of hydrogen-bond donors (Lipinski definition) is 1. The Morgan fingerprint density at radius 3 is 2.63 bits per heavy atom. The lowest BCUT2D eigenvalue weighted by Gasteiger charge is -2.41. The van der Waals surface area contributed by atoms with Gasteiger partial charge in [0.05, 0.1) is 6.20 Å². The van der Waals surface area contributed by atoms with Crippen molar-refractivity contribution in [2.45, 2.75) is 45.4 Å². The number of aromatic nitrogens is 2. The van der Waals surface area contributed by atoms with E-state index in [1.54, 1.807) is 6.07 Å². The summed E-state index contributed by atoms with van der Waals surface area (Å²) in [6.45, 7) is 8.24. The zero-order valence-corrected chi connectivity index (χ0v) is 16.0. The van der Waals surface area contributed by atoms with Crippen molar-refractivity contribution in [3.63, 3.8) is 0 Å². The van der Waals surface area contributed by atoms with E-state index in [-0.39, 0.29) is 12.6 Å². The van der Waals surface area contributed by atoms with Crippen LogP contribution >= 0.6 is 0 Å². The van der Waals surface area contributed by atoms with Crippen molar-refractivity contribution in [3.8, 4) is 0 Å². The molecule has 1 aliphatic heterocycles. The molecule has 2 heterocycles. The first kappa shape index (κ1) is 19.9. The van der Waals surface area contributed by atoms with Crippen molar-refractivity contribution in [2.24, 2.45) is 0 Å². The van der Waals surface area contributed by atoms with Crippen LogP contribution in [0.25, 0.3) is 0 Å². The summed E-state index contributed by atoms with van der Waals surface area (Å²) in [5, 5.41) is 13.9. The van der Waals surface area contributed by atoms with Gasteiger partial charge in [0.15, 0.2) is 11.6 Å². The molecule has 0 spiro atoms. The summed E-state index contributed by atoms with van der Waals surface area (Å²) in [5.41, 5.74) is 1.93. The van der Waals surface area contributed by atoms with Crippen LogP contribution in [0.4, 0.5) is 8.78 Å². The number of aliphatic hydroxyl groups is 1. The van der Waals surface area contributed by atoms with E-state index >= 15 is 0 Å². The fraction of sp³-hybridized carbons (Fsp3) is 0.550. The Bertz CT molecular complexity index is 749. The number of benzene rings is 1. The van der Waals surface area contributed by atoms with E-state index in [2.05, 4.69) is 34.9 Å². The van der Waals surface area contributed by atoms with Crippen molar-refractivity contribution in [3.05, 3.63) is 53.4 Å². The second kappa shape index (κ2) is 8.91. The number of hydrogen-bond acceptors (Lipinski definition) is 4.